The lowest BCUT2D eigenvalue weighted by Gasteiger charge is -2.06. The summed E-state index contributed by atoms with van der Waals surface area (Å²) in [7, 11) is 1.27. The Kier molecular flexibility index (Phi) is 5.78. The lowest BCUT2D eigenvalue weighted by atomic mass is 10.2. The number of rotatable bonds is 7. The highest BCUT2D eigenvalue weighted by Crippen LogP contribution is 2.36. The van der Waals surface area contributed by atoms with Crippen LogP contribution in [0.1, 0.15) is 33.9 Å². The molecule has 1 aromatic rings. The third-order valence-corrected chi connectivity index (χ3v) is 3.65. The van der Waals surface area contributed by atoms with Gasteiger partial charge in [-0.2, -0.15) is 0 Å². The van der Waals surface area contributed by atoms with Gasteiger partial charge in [0.2, 0.25) is 0 Å². The first-order chi connectivity index (χ1) is 9.02. The van der Waals surface area contributed by atoms with E-state index in [0.29, 0.717) is 29.6 Å². The molecule has 0 radical (unpaired) electrons. The second-order valence-corrected chi connectivity index (χ2v) is 4.74. The van der Waals surface area contributed by atoms with Crippen LogP contribution in [0.25, 0.3) is 0 Å². The highest BCUT2D eigenvalue weighted by molar-refractivity contribution is 7.19. The Morgan fingerprint density at radius 2 is 2.11 bits per heavy atom. The van der Waals surface area contributed by atoms with Crippen LogP contribution in [-0.4, -0.2) is 38.6 Å². The van der Waals surface area contributed by atoms with E-state index in [4.69, 9.17) is 10.5 Å². The van der Waals surface area contributed by atoms with Gasteiger partial charge in [0, 0.05) is 20.1 Å². The molecule has 19 heavy (non-hydrogen) atoms. The molecule has 3 N–H and O–H groups in total. The fourth-order valence-corrected chi connectivity index (χ4v) is 2.55. The number of ketones is 1. The average Bonchev–Trinajstić information content (AvgIpc) is 2.71. The molecule has 0 aliphatic carbocycles. The molecule has 0 amide bonds. The van der Waals surface area contributed by atoms with E-state index in [0.717, 1.165) is 11.3 Å². The van der Waals surface area contributed by atoms with E-state index in [1.165, 1.54) is 14.0 Å². The van der Waals surface area contributed by atoms with Gasteiger partial charge in [-0.15, -0.1) is 11.3 Å². The summed E-state index contributed by atoms with van der Waals surface area (Å²) in [6.45, 7) is 4.96. The van der Waals surface area contributed by atoms with Crippen molar-refractivity contribution in [3.8, 4) is 0 Å². The largest absolute Gasteiger partial charge is 0.465 e. The number of nitrogen functional groups attached to an aromatic ring is 1. The second-order valence-electron chi connectivity index (χ2n) is 3.72. The standard InChI is InChI=1S/C12H18N2O4S/c1-4-18-6-5-14-11-8(12(16)17-3)9(13)10(19-11)7(2)15/h14H,4-6,13H2,1-3H3. The van der Waals surface area contributed by atoms with Crippen LogP contribution in [0.3, 0.4) is 0 Å². The third-order valence-electron chi connectivity index (χ3n) is 2.39. The van der Waals surface area contributed by atoms with Gasteiger partial charge in [-0.05, 0) is 6.92 Å². The fourth-order valence-electron chi connectivity index (χ4n) is 1.52. The topological polar surface area (TPSA) is 90.6 Å². The maximum Gasteiger partial charge on any atom is 0.343 e. The Morgan fingerprint density at radius 1 is 1.42 bits per heavy atom. The summed E-state index contributed by atoms with van der Waals surface area (Å²) in [5, 5.41) is 3.58. The van der Waals surface area contributed by atoms with Crippen molar-refractivity contribution in [2.24, 2.45) is 0 Å². The number of nitrogens with one attached hydrogen (secondary N) is 1. The molecule has 0 saturated carbocycles. The van der Waals surface area contributed by atoms with Crippen molar-refractivity contribution in [3.05, 3.63) is 10.4 Å². The summed E-state index contributed by atoms with van der Waals surface area (Å²) in [4.78, 5) is 23.5. The first-order valence-corrected chi connectivity index (χ1v) is 6.67. The molecule has 0 aromatic carbocycles. The zero-order chi connectivity index (χ0) is 14.4. The number of methoxy groups -OCH3 is 1. The molecule has 0 atom stereocenters. The molecular weight excluding hydrogens is 268 g/mol. The lowest BCUT2D eigenvalue weighted by molar-refractivity contribution is 0.0603. The molecule has 1 aromatic heterocycles. The van der Waals surface area contributed by atoms with Crippen molar-refractivity contribution < 1.29 is 19.1 Å². The summed E-state index contributed by atoms with van der Waals surface area (Å²) in [5.41, 5.74) is 6.22. The van der Waals surface area contributed by atoms with Gasteiger partial charge in [0.05, 0.1) is 24.3 Å². The van der Waals surface area contributed by atoms with Gasteiger partial charge >= 0.3 is 5.97 Å². The quantitative estimate of drug-likeness (QED) is 0.451. The Hall–Kier alpha value is -1.60. The van der Waals surface area contributed by atoms with E-state index >= 15 is 0 Å². The van der Waals surface area contributed by atoms with E-state index in [1.54, 1.807) is 0 Å². The Labute approximate surface area is 115 Å². The fraction of sp³-hybridized carbons (Fsp3) is 0.500. The molecule has 0 unspecified atom stereocenters. The minimum atomic E-state index is -0.555. The van der Waals surface area contributed by atoms with Crippen LogP contribution in [0.15, 0.2) is 0 Å². The first kappa shape index (κ1) is 15.5. The zero-order valence-electron chi connectivity index (χ0n) is 11.2. The predicted molar refractivity (Wildman–Crippen MR) is 75.1 cm³/mol. The van der Waals surface area contributed by atoms with Gasteiger partial charge in [0.15, 0.2) is 5.78 Å². The molecule has 0 fully saturated rings. The Morgan fingerprint density at radius 3 is 2.63 bits per heavy atom. The first-order valence-electron chi connectivity index (χ1n) is 5.86. The number of hydrogen-bond acceptors (Lipinski definition) is 7. The molecule has 1 rings (SSSR count). The number of carbonyl (C=O) groups excluding carboxylic acids is 2. The maximum absolute atomic E-state index is 11.7. The molecule has 106 valence electrons. The van der Waals surface area contributed by atoms with Gasteiger partial charge in [0.1, 0.15) is 10.6 Å². The smallest absolute Gasteiger partial charge is 0.343 e. The molecular formula is C12H18N2O4S. The average molecular weight is 286 g/mol. The van der Waals surface area contributed by atoms with Gasteiger partial charge in [0.25, 0.3) is 0 Å². The second kappa shape index (κ2) is 7.10. The van der Waals surface area contributed by atoms with Crippen molar-refractivity contribution in [3.63, 3.8) is 0 Å². The van der Waals surface area contributed by atoms with Crippen molar-refractivity contribution in [1.29, 1.82) is 0 Å². The van der Waals surface area contributed by atoms with Gasteiger partial charge in [-0.1, -0.05) is 0 Å². The molecule has 0 aliphatic rings. The molecule has 7 heteroatoms. The number of anilines is 2. The van der Waals surface area contributed by atoms with Crippen LogP contribution in [0.2, 0.25) is 0 Å². The molecule has 0 aliphatic heterocycles. The zero-order valence-corrected chi connectivity index (χ0v) is 12.1. The van der Waals surface area contributed by atoms with Gasteiger partial charge < -0.3 is 20.5 Å². The van der Waals surface area contributed by atoms with Crippen LogP contribution < -0.4 is 11.1 Å². The minimum absolute atomic E-state index is 0.170. The molecule has 0 bridgehead atoms. The molecule has 0 saturated heterocycles. The molecule has 6 nitrogen and oxygen atoms in total. The monoisotopic (exact) mass is 286 g/mol. The van der Waals surface area contributed by atoms with Gasteiger partial charge in [-0.25, -0.2) is 4.79 Å². The molecule has 0 spiro atoms. The van der Waals surface area contributed by atoms with Crippen LogP contribution in [0.5, 0.6) is 0 Å². The van der Waals surface area contributed by atoms with Gasteiger partial charge in [-0.3, -0.25) is 4.79 Å². The number of Topliss-reactive ketones (excluding diaryl/α,β-unsaturated/α-hetero) is 1. The van der Waals surface area contributed by atoms with Crippen molar-refractivity contribution in [1.82, 2.24) is 0 Å². The van der Waals surface area contributed by atoms with Crippen LogP contribution in [0.4, 0.5) is 10.7 Å². The summed E-state index contributed by atoms with van der Waals surface area (Å²) in [5.74, 6) is -0.731. The molecule has 1 heterocycles. The Bertz CT molecular complexity index is 471. The summed E-state index contributed by atoms with van der Waals surface area (Å²) >= 11 is 1.15. The van der Waals surface area contributed by atoms with E-state index in [-0.39, 0.29) is 17.0 Å². The van der Waals surface area contributed by atoms with Crippen molar-refractivity contribution >= 4 is 33.8 Å². The van der Waals surface area contributed by atoms with E-state index in [2.05, 4.69) is 10.1 Å². The minimum Gasteiger partial charge on any atom is -0.465 e. The van der Waals surface area contributed by atoms with Crippen LogP contribution in [-0.2, 0) is 9.47 Å². The SMILES string of the molecule is CCOCCNc1sc(C(C)=O)c(N)c1C(=O)OC. The lowest BCUT2D eigenvalue weighted by Crippen LogP contribution is -2.12. The predicted octanol–water partition coefficient (Wildman–Crippen LogP) is 1.77. The number of ether oxygens (including phenoxy) is 2. The number of esters is 1. The normalized spacial score (nSPS) is 10.3. The maximum atomic E-state index is 11.7. The van der Waals surface area contributed by atoms with E-state index < -0.39 is 5.97 Å². The number of nitrogens with two attached hydrogens (primary N) is 1. The highest BCUT2D eigenvalue weighted by Gasteiger charge is 2.24. The highest BCUT2D eigenvalue weighted by atomic mass is 32.1. The summed E-state index contributed by atoms with van der Waals surface area (Å²) in [6, 6.07) is 0. The van der Waals surface area contributed by atoms with Crippen LogP contribution in [0, 0.1) is 0 Å². The van der Waals surface area contributed by atoms with E-state index in [9.17, 15) is 9.59 Å². The third kappa shape index (κ3) is 3.68. The Balaban J connectivity index is 2.97. The number of carbonyl (C=O) groups is 2. The number of hydrogen-bond donors (Lipinski definition) is 2. The van der Waals surface area contributed by atoms with Crippen molar-refractivity contribution in [2.45, 2.75) is 13.8 Å². The van der Waals surface area contributed by atoms with E-state index in [1.807, 2.05) is 6.92 Å². The summed E-state index contributed by atoms with van der Waals surface area (Å²) in [6.07, 6.45) is 0. The number of thiophene rings is 1. The summed E-state index contributed by atoms with van der Waals surface area (Å²) < 4.78 is 9.88. The van der Waals surface area contributed by atoms with Crippen molar-refractivity contribution in [2.75, 3.05) is 37.9 Å². The van der Waals surface area contributed by atoms with Crippen LogP contribution >= 0.6 is 11.3 Å².